The average Bonchev–Trinajstić information content (AvgIpc) is 2.83. The standard InChI is InChI=1S/C28H34BrClO8/c1-17-11-22(12-26(29)27(17)36-14-24(13-30)37-19(3)32)28(5,6)21-7-9-23(10-8-21)35-16-25(38-20(4)33)15-34-18(2)31/h7-12,24-25H,13-16H2,1-6H3/t24-,25-/m0/s1. The lowest BCUT2D eigenvalue weighted by Crippen LogP contribution is -2.29. The molecule has 0 unspecified atom stereocenters. The van der Waals surface area contributed by atoms with E-state index in [0.717, 1.165) is 21.2 Å². The van der Waals surface area contributed by atoms with Crippen LogP contribution in [0.15, 0.2) is 40.9 Å². The summed E-state index contributed by atoms with van der Waals surface area (Å²) in [4.78, 5) is 33.7. The lowest BCUT2D eigenvalue weighted by atomic mass is 9.77. The highest BCUT2D eigenvalue weighted by Gasteiger charge is 2.26. The molecule has 0 fully saturated rings. The zero-order valence-electron chi connectivity index (χ0n) is 22.5. The van der Waals surface area contributed by atoms with E-state index in [9.17, 15) is 14.4 Å². The SMILES string of the molecule is CC(=O)OC[C@@H](COc1ccc(C(C)(C)c2cc(C)c(OC[C@H](CCl)OC(C)=O)c(Br)c2)cc1)OC(C)=O. The van der Waals surface area contributed by atoms with E-state index in [1.165, 1.54) is 20.8 Å². The summed E-state index contributed by atoms with van der Waals surface area (Å²) < 4.78 is 27.7. The summed E-state index contributed by atoms with van der Waals surface area (Å²) >= 11 is 9.50. The minimum atomic E-state index is -0.706. The third-order valence-electron chi connectivity index (χ3n) is 5.69. The van der Waals surface area contributed by atoms with Gasteiger partial charge in [0.1, 0.15) is 37.4 Å². The van der Waals surface area contributed by atoms with Crippen LogP contribution in [0.4, 0.5) is 0 Å². The number of carbonyl (C=O) groups excluding carboxylic acids is 3. The molecule has 10 heteroatoms. The van der Waals surface area contributed by atoms with Gasteiger partial charge in [-0.2, -0.15) is 0 Å². The lowest BCUT2D eigenvalue weighted by Gasteiger charge is -2.28. The molecule has 0 radical (unpaired) electrons. The Labute approximate surface area is 237 Å². The van der Waals surface area contributed by atoms with Crippen molar-refractivity contribution in [2.45, 2.75) is 59.2 Å². The lowest BCUT2D eigenvalue weighted by molar-refractivity contribution is -0.158. The molecule has 0 saturated heterocycles. The normalized spacial score (nSPS) is 12.7. The molecule has 0 spiro atoms. The number of esters is 3. The van der Waals surface area contributed by atoms with Gasteiger partial charge in [0, 0.05) is 26.2 Å². The van der Waals surface area contributed by atoms with E-state index in [1.807, 2.05) is 37.3 Å². The van der Waals surface area contributed by atoms with E-state index in [-0.39, 0.29) is 31.1 Å². The average molecular weight is 614 g/mol. The molecule has 0 aliphatic rings. The van der Waals surface area contributed by atoms with Crippen molar-refractivity contribution < 1.29 is 38.1 Å². The van der Waals surface area contributed by atoms with Gasteiger partial charge in [-0.1, -0.05) is 32.0 Å². The molecular weight excluding hydrogens is 580 g/mol. The van der Waals surface area contributed by atoms with Gasteiger partial charge in [-0.3, -0.25) is 14.4 Å². The highest BCUT2D eigenvalue weighted by molar-refractivity contribution is 9.10. The van der Waals surface area contributed by atoms with Crippen molar-refractivity contribution in [1.29, 1.82) is 0 Å². The van der Waals surface area contributed by atoms with Crippen molar-refractivity contribution in [1.82, 2.24) is 0 Å². The van der Waals surface area contributed by atoms with Crippen LogP contribution in [0.25, 0.3) is 0 Å². The summed E-state index contributed by atoms with van der Waals surface area (Å²) in [7, 11) is 0. The molecule has 208 valence electrons. The predicted octanol–water partition coefficient (Wildman–Crippen LogP) is 5.51. The second-order valence-corrected chi connectivity index (χ2v) is 10.5. The van der Waals surface area contributed by atoms with Gasteiger partial charge in [0.05, 0.1) is 10.4 Å². The molecule has 0 saturated carbocycles. The number of benzene rings is 2. The Kier molecular flexibility index (Phi) is 11.9. The Balaban J connectivity index is 2.12. The number of alkyl halides is 1. The van der Waals surface area contributed by atoms with Crippen molar-refractivity contribution in [2.24, 2.45) is 0 Å². The van der Waals surface area contributed by atoms with Crippen molar-refractivity contribution in [3.05, 3.63) is 57.6 Å². The molecule has 2 aromatic carbocycles. The Morgan fingerprint density at radius 2 is 1.42 bits per heavy atom. The molecule has 0 aliphatic carbocycles. The number of rotatable bonds is 13. The highest BCUT2D eigenvalue weighted by Crippen LogP contribution is 2.38. The van der Waals surface area contributed by atoms with E-state index >= 15 is 0 Å². The summed E-state index contributed by atoms with van der Waals surface area (Å²) in [6.07, 6.45) is -1.24. The van der Waals surface area contributed by atoms with Crippen LogP contribution in [0.5, 0.6) is 11.5 Å². The Morgan fingerprint density at radius 1 is 0.842 bits per heavy atom. The summed E-state index contributed by atoms with van der Waals surface area (Å²) in [6.45, 7) is 10.2. The molecule has 38 heavy (non-hydrogen) atoms. The fraction of sp³-hybridized carbons (Fsp3) is 0.464. The molecule has 2 aromatic rings. The molecule has 0 amide bonds. The van der Waals surface area contributed by atoms with E-state index in [1.54, 1.807) is 0 Å². The maximum atomic E-state index is 11.3. The fourth-order valence-corrected chi connectivity index (χ4v) is 4.51. The minimum Gasteiger partial charge on any atom is -0.490 e. The Morgan fingerprint density at radius 3 is 1.95 bits per heavy atom. The zero-order valence-corrected chi connectivity index (χ0v) is 24.8. The van der Waals surface area contributed by atoms with Crippen LogP contribution < -0.4 is 9.47 Å². The number of carbonyl (C=O) groups is 3. The maximum absolute atomic E-state index is 11.3. The first-order valence-corrected chi connectivity index (χ1v) is 13.4. The van der Waals surface area contributed by atoms with Gasteiger partial charge in [-0.15, -0.1) is 11.6 Å². The fourth-order valence-electron chi connectivity index (χ4n) is 3.68. The van der Waals surface area contributed by atoms with Gasteiger partial charge in [-0.05, 0) is 57.7 Å². The number of hydrogen-bond donors (Lipinski definition) is 0. The summed E-state index contributed by atoms with van der Waals surface area (Å²) in [5.74, 6) is 0.0341. The van der Waals surface area contributed by atoms with Crippen LogP contribution >= 0.6 is 27.5 Å². The predicted molar refractivity (Wildman–Crippen MR) is 147 cm³/mol. The molecule has 0 aromatic heterocycles. The second kappa shape index (κ2) is 14.4. The van der Waals surface area contributed by atoms with E-state index in [2.05, 4.69) is 35.8 Å². The molecular formula is C28H34BrClO8. The van der Waals surface area contributed by atoms with Crippen LogP contribution in [0.1, 0.15) is 51.3 Å². The van der Waals surface area contributed by atoms with Crippen LogP contribution in [-0.4, -0.2) is 55.8 Å². The van der Waals surface area contributed by atoms with Crippen LogP contribution in [0.3, 0.4) is 0 Å². The van der Waals surface area contributed by atoms with Gasteiger partial charge in [-0.25, -0.2) is 0 Å². The molecule has 0 heterocycles. The van der Waals surface area contributed by atoms with Gasteiger partial charge in [0.25, 0.3) is 0 Å². The van der Waals surface area contributed by atoms with Crippen molar-refractivity contribution in [3.63, 3.8) is 0 Å². The summed E-state index contributed by atoms with van der Waals surface area (Å²) in [6, 6.07) is 11.7. The van der Waals surface area contributed by atoms with Crippen molar-refractivity contribution in [2.75, 3.05) is 25.7 Å². The third-order valence-corrected chi connectivity index (χ3v) is 6.62. The highest BCUT2D eigenvalue weighted by atomic mass is 79.9. The second-order valence-electron chi connectivity index (χ2n) is 9.30. The monoisotopic (exact) mass is 612 g/mol. The molecule has 2 rings (SSSR count). The number of aryl methyl sites for hydroxylation is 1. The first-order chi connectivity index (χ1) is 17.8. The van der Waals surface area contributed by atoms with Crippen molar-refractivity contribution in [3.8, 4) is 11.5 Å². The van der Waals surface area contributed by atoms with Gasteiger partial charge >= 0.3 is 17.9 Å². The van der Waals surface area contributed by atoms with E-state index in [0.29, 0.717) is 11.5 Å². The number of ether oxygens (including phenoxy) is 5. The number of halogens is 2. The van der Waals surface area contributed by atoms with Gasteiger partial charge in [0.15, 0.2) is 6.10 Å². The van der Waals surface area contributed by atoms with E-state index in [4.69, 9.17) is 35.3 Å². The maximum Gasteiger partial charge on any atom is 0.303 e. The van der Waals surface area contributed by atoms with Crippen LogP contribution in [-0.2, 0) is 34.0 Å². The first kappa shape index (κ1) is 31.4. The van der Waals surface area contributed by atoms with Gasteiger partial charge in [0.2, 0.25) is 0 Å². The zero-order chi connectivity index (χ0) is 28.5. The Hall–Kier alpha value is -2.78. The molecule has 0 N–H and O–H groups in total. The largest absolute Gasteiger partial charge is 0.490 e. The number of hydrogen-bond acceptors (Lipinski definition) is 8. The van der Waals surface area contributed by atoms with Gasteiger partial charge < -0.3 is 23.7 Å². The summed E-state index contributed by atoms with van der Waals surface area (Å²) in [5, 5.41) is 0. The van der Waals surface area contributed by atoms with Crippen LogP contribution in [0.2, 0.25) is 0 Å². The van der Waals surface area contributed by atoms with Crippen molar-refractivity contribution >= 4 is 45.4 Å². The molecule has 0 aliphatic heterocycles. The first-order valence-electron chi connectivity index (χ1n) is 12.0. The third kappa shape index (κ3) is 9.51. The Bertz CT molecular complexity index is 1090. The topological polar surface area (TPSA) is 97.4 Å². The smallest absolute Gasteiger partial charge is 0.303 e. The molecule has 0 bridgehead atoms. The van der Waals surface area contributed by atoms with Crippen LogP contribution in [0, 0.1) is 6.92 Å². The molecule has 8 nitrogen and oxygen atoms in total. The van der Waals surface area contributed by atoms with E-state index < -0.39 is 30.1 Å². The minimum absolute atomic E-state index is 0.0469. The quantitative estimate of drug-likeness (QED) is 0.166. The molecule has 2 atom stereocenters. The summed E-state index contributed by atoms with van der Waals surface area (Å²) in [5.41, 5.74) is 2.69.